The second-order valence-electron chi connectivity index (χ2n) is 3.46. The maximum Gasteiger partial charge on any atom is 0.142 e. The number of hydrogen-bond donors (Lipinski definition) is 1. The summed E-state index contributed by atoms with van der Waals surface area (Å²) in [5, 5.41) is 3.52. The third-order valence-corrected chi connectivity index (χ3v) is 2.71. The maximum atomic E-state index is 13.0. The molecule has 0 spiro atoms. The molecule has 0 bridgehead atoms. The molecule has 0 aliphatic rings. The molecule has 1 atom stereocenters. The van der Waals surface area contributed by atoms with Gasteiger partial charge in [0, 0.05) is 11.9 Å². The number of rotatable bonds is 5. The molecule has 0 fully saturated rings. The summed E-state index contributed by atoms with van der Waals surface area (Å²) < 4.78 is 13.0. The van der Waals surface area contributed by atoms with E-state index in [-0.39, 0.29) is 16.2 Å². The monoisotopic (exact) mass is 249 g/mol. The number of alkyl halides is 1. The van der Waals surface area contributed by atoms with Crippen LogP contribution in [0.1, 0.15) is 18.9 Å². The zero-order chi connectivity index (χ0) is 11.3. The van der Waals surface area contributed by atoms with E-state index in [9.17, 15) is 4.39 Å². The van der Waals surface area contributed by atoms with Crippen LogP contribution in [0.2, 0.25) is 5.02 Å². The summed E-state index contributed by atoms with van der Waals surface area (Å²) >= 11 is 11.6. The lowest BCUT2D eigenvalue weighted by atomic mass is 10.2. The van der Waals surface area contributed by atoms with Crippen molar-refractivity contribution in [2.24, 2.45) is 0 Å². The molecule has 0 aliphatic carbocycles. The van der Waals surface area contributed by atoms with Crippen molar-refractivity contribution in [3.63, 3.8) is 0 Å². The topological polar surface area (TPSA) is 12.0 Å². The van der Waals surface area contributed by atoms with Crippen molar-refractivity contribution in [2.45, 2.75) is 25.3 Å². The molecule has 1 unspecified atom stereocenters. The number of benzene rings is 1. The van der Waals surface area contributed by atoms with Gasteiger partial charge in [-0.15, -0.1) is 11.6 Å². The Hall–Kier alpha value is -0.310. The second-order valence-corrected chi connectivity index (χ2v) is 4.58. The molecular formula is C11H14Cl2FN. The van der Waals surface area contributed by atoms with E-state index in [1.54, 1.807) is 6.07 Å². The average molecular weight is 250 g/mol. The van der Waals surface area contributed by atoms with Gasteiger partial charge in [0.1, 0.15) is 5.82 Å². The summed E-state index contributed by atoms with van der Waals surface area (Å²) in [6, 6.07) is 4.82. The van der Waals surface area contributed by atoms with Gasteiger partial charge >= 0.3 is 0 Å². The fraction of sp³-hybridized carbons (Fsp3) is 0.455. The summed E-state index contributed by atoms with van der Waals surface area (Å²) in [5.74, 6) is -0.373. The van der Waals surface area contributed by atoms with Gasteiger partial charge < -0.3 is 5.32 Å². The first kappa shape index (κ1) is 12.8. The summed E-state index contributed by atoms with van der Waals surface area (Å²) in [6.45, 7) is 3.32. The fourth-order valence-electron chi connectivity index (χ4n) is 1.21. The Morgan fingerprint density at radius 3 is 2.87 bits per heavy atom. The van der Waals surface area contributed by atoms with Gasteiger partial charge in [-0.25, -0.2) is 4.39 Å². The summed E-state index contributed by atoms with van der Waals surface area (Å²) in [5.41, 5.74) is 0.777. The zero-order valence-corrected chi connectivity index (χ0v) is 10.1. The van der Waals surface area contributed by atoms with Crippen molar-refractivity contribution in [3.8, 4) is 0 Å². The van der Waals surface area contributed by atoms with E-state index in [1.165, 1.54) is 6.07 Å². The van der Waals surface area contributed by atoms with Gasteiger partial charge in [0.15, 0.2) is 0 Å². The SMILES string of the molecule is CC(Cl)CCNCc1cccc(F)c1Cl. The van der Waals surface area contributed by atoms with Gasteiger partial charge in [-0.1, -0.05) is 23.7 Å². The lowest BCUT2D eigenvalue weighted by Gasteiger charge is -2.07. The van der Waals surface area contributed by atoms with Gasteiger partial charge in [-0.05, 0) is 31.5 Å². The van der Waals surface area contributed by atoms with Crippen LogP contribution in [0.3, 0.4) is 0 Å². The van der Waals surface area contributed by atoms with E-state index < -0.39 is 0 Å². The van der Waals surface area contributed by atoms with Gasteiger partial charge in [0.05, 0.1) is 5.02 Å². The summed E-state index contributed by atoms with van der Waals surface area (Å²) in [7, 11) is 0. The predicted octanol–water partition coefficient (Wildman–Crippen LogP) is 3.59. The summed E-state index contributed by atoms with van der Waals surface area (Å²) in [4.78, 5) is 0. The Labute approximate surface area is 99.6 Å². The van der Waals surface area contributed by atoms with Crippen molar-refractivity contribution in [2.75, 3.05) is 6.54 Å². The van der Waals surface area contributed by atoms with Crippen molar-refractivity contribution in [3.05, 3.63) is 34.6 Å². The quantitative estimate of drug-likeness (QED) is 0.622. The zero-order valence-electron chi connectivity index (χ0n) is 8.56. The first-order chi connectivity index (χ1) is 7.11. The number of nitrogens with one attached hydrogen (secondary N) is 1. The molecule has 1 rings (SSSR count). The van der Waals surface area contributed by atoms with Crippen LogP contribution in [0.15, 0.2) is 18.2 Å². The van der Waals surface area contributed by atoms with Crippen molar-refractivity contribution < 1.29 is 4.39 Å². The van der Waals surface area contributed by atoms with Crippen LogP contribution in [-0.4, -0.2) is 11.9 Å². The Morgan fingerprint density at radius 2 is 2.20 bits per heavy atom. The molecule has 0 aliphatic heterocycles. The van der Waals surface area contributed by atoms with Crippen LogP contribution in [0.4, 0.5) is 4.39 Å². The molecule has 4 heteroatoms. The van der Waals surface area contributed by atoms with Crippen molar-refractivity contribution in [1.82, 2.24) is 5.32 Å². The summed E-state index contributed by atoms with van der Waals surface area (Å²) in [6.07, 6.45) is 0.883. The standard InChI is InChI=1S/C11H14Cl2FN/c1-8(12)5-6-15-7-9-3-2-4-10(14)11(9)13/h2-4,8,15H,5-7H2,1H3. The molecule has 0 radical (unpaired) electrons. The second kappa shape index (κ2) is 6.31. The highest BCUT2D eigenvalue weighted by Crippen LogP contribution is 2.19. The highest BCUT2D eigenvalue weighted by molar-refractivity contribution is 6.31. The van der Waals surface area contributed by atoms with Crippen LogP contribution in [-0.2, 0) is 6.54 Å². The molecule has 1 N–H and O–H groups in total. The highest BCUT2D eigenvalue weighted by Gasteiger charge is 2.04. The fourth-order valence-corrected chi connectivity index (χ4v) is 1.51. The smallest absolute Gasteiger partial charge is 0.142 e. The largest absolute Gasteiger partial charge is 0.313 e. The molecule has 0 saturated heterocycles. The lowest BCUT2D eigenvalue weighted by molar-refractivity contribution is 0.615. The predicted molar refractivity (Wildman–Crippen MR) is 63.0 cm³/mol. The average Bonchev–Trinajstić information content (AvgIpc) is 2.18. The normalized spacial score (nSPS) is 12.8. The Bertz CT molecular complexity index is 315. The van der Waals surface area contributed by atoms with E-state index in [0.29, 0.717) is 6.54 Å². The minimum Gasteiger partial charge on any atom is -0.313 e. The number of halogens is 3. The van der Waals surface area contributed by atoms with Crippen molar-refractivity contribution in [1.29, 1.82) is 0 Å². The molecular weight excluding hydrogens is 236 g/mol. The third-order valence-electron chi connectivity index (χ3n) is 2.07. The highest BCUT2D eigenvalue weighted by atomic mass is 35.5. The number of hydrogen-bond acceptors (Lipinski definition) is 1. The first-order valence-electron chi connectivity index (χ1n) is 4.89. The molecule has 0 aromatic heterocycles. The van der Waals surface area contributed by atoms with Crippen LogP contribution in [0, 0.1) is 5.82 Å². The van der Waals surface area contributed by atoms with Gasteiger partial charge in [-0.2, -0.15) is 0 Å². The van der Waals surface area contributed by atoms with E-state index in [4.69, 9.17) is 23.2 Å². The third kappa shape index (κ3) is 4.37. The van der Waals surface area contributed by atoms with E-state index >= 15 is 0 Å². The van der Waals surface area contributed by atoms with Gasteiger partial charge in [-0.3, -0.25) is 0 Å². The minimum atomic E-state index is -0.373. The van der Waals surface area contributed by atoms with Gasteiger partial charge in [0.25, 0.3) is 0 Å². The van der Waals surface area contributed by atoms with Crippen LogP contribution in [0.25, 0.3) is 0 Å². The first-order valence-corrected chi connectivity index (χ1v) is 5.70. The van der Waals surface area contributed by atoms with Crippen LogP contribution < -0.4 is 5.32 Å². The van der Waals surface area contributed by atoms with E-state index in [0.717, 1.165) is 18.5 Å². The Balaban J connectivity index is 2.41. The minimum absolute atomic E-state index is 0.153. The Kier molecular flexibility index (Phi) is 5.37. The van der Waals surface area contributed by atoms with E-state index in [2.05, 4.69) is 5.32 Å². The molecule has 1 aromatic rings. The molecule has 0 heterocycles. The van der Waals surface area contributed by atoms with Crippen LogP contribution >= 0.6 is 23.2 Å². The molecule has 84 valence electrons. The lowest BCUT2D eigenvalue weighted by Crippen LogP contribution is -2.17. The van der Waals surface area contributed by atoms with E-state index in [1.807, 2.05) is 13.0 Å². The maximum absolute atomic E-state index is 13.0. The molecule has 15 heavy (non-hydrogen) atoms. The van der Waals surface area contributed by atoms with Gasteiger partial charge in [0.2, 0.25) is 0 Å². The Morgan fingerprint density at radius 1 is 1.47 bits per heavy atom. The molecule has 0 saturated carbocycles. The molecule has 1 nitrogen and oxygen atoms in total. The van der Waals surface area contributed by atoms with Crippen LogP contribution in [0.5, 0.6) is 0 Å². The van der Waals surface area contributed by atoms with Crippen molar-refractivity contribution >= 4 is 23.2 Å². The molecule has 1 aromatic carbocycles. The molecule has 0 amide bonds.